The number of rotatable bonds is 6. The van der Waals surface area contributed by atoms with E-state index in [0.29, 0.717) is 5.82 Å². The topological polar surface area (TPSA) is 94.0 Å². The highest BCUT2D eigenvalue weighted by Crippen LogP contribution is 2.30. The van der Waals surface area contributed by atoms with Crippen molar-refractivity contribution in [1.29, 1.82) is 0 Å². The first-order valence-electron chi connectivity index (χ1n) is 10.9. The van der Waals surface area contributed by atoms with Gasteiger partial charge in [-0.25, -0.2) is 9.97 Å². The Bertz CT molecular complexity index is 1160. The van der Waals surface area contributed by atoms with Gasteiger partial charge in [-0.15, -0.1) is 0 Å². The van der Waals surface area contributed by atoms with Crippen molar-refractivity contribution in [2.45, 2.75) is 31.7 Å². The second-order valence-electron chi connectivity index (χ2n) is 7.91. The van der Waals surface area contributed by atoms with E-state index in [1.807, 2.05) is 49.9 Å². The van der Waals surface area contributed by atoms with Gasteiger partial charge in [-0.05, 0) is 30.9 Å². The van der Waals surface area contributed by atoms with Gasteiger partial charge in [-0.2, -0.15) is 5.10 Å². The quantitative estimate of drug-likeness (QED) is 0.448. The van der Waals surface area contributed by atoms with Gasteiger partial charge in [-0.1, -0.05) is 36.8 Å². The number of nitrogens with zero attached hydrogens (tertiary/aromatic N) is 5. The normalized spacial score (nSPS) is 16.9. The van der Waals surface area contributed by atoms with Crippen LogP contribution in [-0.4, -0.2) is 39.1 Å². The number of allylic oxidation sites excluding steroid dienone is 2. The molecule has 2 heterocycles. The SMILES string of the molecule is CN=CC(=CN)c1cccc(-c2ncc(-c3cnn(C)c3)c(NC3C=CCCCC3)n2)c1. The molecule has 1 aromatic carbocycles. The van der Waals surface area contributed by atoms with Crippen LogP contribution in [0.3, 0.4) is 0 Å². The fraction of sp³-hybridized carbons (Fsp3) is 0.280. The van der Waals surface area contributed by atoms with Crippen molar-refractivity contribution in [3.8, 4) is 22.5 Å². The Hall–Kier alpha value is -3.74. The third-order valence-corrected chi connectivity index (χ3v) is 5.53. The van der Waals surface area contributed by atoms with Crippen LogP contribution in [0.15, 0.2) is 66.2 Å². The molecule has 3 N–H and O–H groups in total. The van der Waals surface area contributed by atoms with E-state index in [4.69, 9.17) is 10.7 Å². The molecule has 4 rings (SSSR count). The smallest absolute Gasteiger partial charge is 0.161 e. The third kappa shape index (κ3) is 4.94. The van der Waals surface area contributed by atoms with Gasteiger partial charge in [0.2, 0.25) is 0 Å². The highest BCUT2D eigenvalue weighted by atomic mass is 15.2. The number of hydrogen-bond acceptors (Lipinski definition) is 6. The van der Waals surface area contributed by atoms with Gasteiger partial charge in [0.25, 0.3) is 0 Å². The molecule has 32 heavy (non-hydrogen) atoms. The molecule has 164 valence electrons. The second-order valence-corrected chi connectivity index (χ2v) is 7.91. The Kier molecular flexibility index (Phi) is 6.75. The minimum atomic E-state index is 0.245. The van der Waals surface area contributed by atoms with Crippen LogP contribution in [0.2, 0.25) is 0 Å². The lowest BCUT2D eigenvalue weighted by atomic mass is 10.0. The molecule has 2 aromatic heterocycles. The van der Waals surface area contributed by atoms with E-state index in [0.717, 1.165) is 46.5 Å². The van der Waals surface area contributed by atoms with Crippen molar-refractivity contribution < 1.29 is 0 Å². The number of aromatic nitrogens is 4. The van der Waals surface area contributed by atoms with Crippen molar-refractivity contribution in [2.24, 2.45) is 17.8 Å². The Labute approximate surface area is 188 Å². The van der Waals surface area contributed by atoms with E-state index in [-0.39, 0.29) is 6.04 Å². The molecule has 7 nitrogen and oxygen atoms in total. The summed E-state index contributed by atoms with van der Waals surface area (Å²) in [6.07, 6.45) is 18.2. The van der Waals surface area contributed by atoms with Crippen LogP contribution in [0.25, 0.3) is 28.1 Å². The average molecular weight is 428 g/mol. The molecule has 1 unspecified atom stereocenters. The maximum absolute atomic E-state index is 5.80. The van der Waals surface area contributed by atoms with Crippen molar-refractivity contribution in [2.75, 3.05) is 12.4 Å². The van der Waals surface area contributed by atoms with Crippen LogP contribution in [0, 0.1) is 0 Å². The second kappa shape index (κ2) is 10.0. The van der Waals surface area contributed by atoms with E-state index < -0.39 is 0 Å². The van der Waals surface area contributed by atoms with Gasteiger partial charge >= 0.3 is 0 Å². The summed E-state index contributed by atoms with van der Waals surface area (Å²) >= 11 is 0. The Morgan fingerprint density at radius 2 is 2.16 bits per heavy atom. The molecule has 7 heteroatoms. The molecular formula is C25H29N7. The molecule has 1 aliphatic rings. The fourth-order valence-electron chi connectivity index (χ4n) is 3.87. The summed E-state index contributed by atoms with van der Waals surface area (Å²) < 4.78 is 1.79. The first-order chi connectivity index (χ1) is 15.7. The lowest BCUT2D eigenvalue weighted by Crippen LogP contribution is -2.18. The highest BCUT2D eigenvalue weighted by Gasteiger charge is 2.16. The summed E-state index contributed by atoms with van der Waals surface area (Å²) in [5, 5.41) is 7.97. The summed E-state index contributed by atoms with van der Waals surface area (Å²) in [5.41, 5.74) is 10.5. The molecule has 0 saturated carbocycles. The predicted molar refractivity (Wildman–Crippen MR) is 131 cm³/mol. The Morgan fingerprint density at radius 3 is 2.94 bits per heavy atom. The van der Waals surface area contributed by atoms with E-state index >= 15 is 0 Å². The van der Waals surface area contributed by atoms with Gasteiger partial charge in [0, 0.05) is 67.2 Å². The molecule has 0 radical (unpaired) electrons. The molecular weight excluding hydrogens is 398 g/mol. The molecule has 1 atom stereocenters. The minimum Gasteiger partial charge on any atom is -0.404 e. The van der Waals surface area contributed by atoms with Crippen LogP contribution in [0.5, 0.6) is 0 Å². The summed E-state index contributed by atoms with van der Waals surface area (Å²) in [6.45, 7) is 0. The molecule has 1 aliphatic carbocycles. The Balaban J connectivity index is 1.74. The third-order valence-electron chi connectivity index (χ3n) is 5.53. The van der Waals surface area contributed by atoms with E-state index in [1.54, 1.807) is 24.1 Å². The maximum atomic E-state index is 5.80. The number of nitrogens with two attached hydrogens (primary N) is 1. The molecule has 0 spiro atoms. The van der Waals surface area contributed by atoms with Crippen LogP contribution < -0.4 is 11.1 Å². The molecule has 0 bridgehead atoms. The maximum Gasteiger partial charge on any atom is 0.161 e. The standard InChI is InChI=1S/C25H29N7/c1-27-14-20(13-26)18-8-7-9-19(12-18)24-28-16-23(21-15-29-32(2)17-21)25(31-24)30-22-10-5-3-4-6-11-22/h5,7-10,12-17,22H,3-4,6,11,26H2,1-2H3,(H,28,30,31). The Morgan fingerprint density at radius 1 is 1.25 bits per heavy atom. The van der Waals surface area contributed by atoms with Crippen LogP contribution in [-0.2, 0) is 7.05 Å². The van der Waals surface area contributed by atoms with Gasteiger partial charge in [0.1, 0.15) is 5.82 Å². The van der Waals surface area contributed by atoms with E-state index in [9.17, 15) is 0 Å². The summed E-state index contributed by atoms with van der Waals surface area (Å²) in [5.74, 6) is 1.47. The number of aryl methyl sites for hydroxylation is 1. The monoisotopic (exact) mass is 427 g/mol. The number of nitrogens with one attached hydrogen (secondary N) is 1. The lowest BCUT2D eigenvalue weighted by Gasteiger charge is -2.17. The first-order valence-corrected chi connectivity index (χ1v) is 10.9. The zero-order chi connectivity index (χ0) is 22.3. The van der Waals surface area contributed by atoms with Gasteiger partial charge in [0.05, 0.1) is 6.20 Å². The van der Waals surface area contributed by atoms with E-state index in [1.165, 1.54) is 12.8 Å². The predicted octanol–water partition coefficient (Wildman–Crippen LogP) is 4.46. The number of benzene rings is 1. The zero-order valence-corrected chi connectivity index (χ0v) is 18.6. The molecule has 3 aromatic rings. The highest BCUT2D eigenvalue weighted by molar-refractivity contribution is 6.09. The number of hydrogen-bond donors (Lipinski definition) is 2. The average Bonchev–Trinajstić information content (AvgIpc) is 3.08. The van der Waals surface area contributed by atoms with Crippen molar-refractivity contribution in [1.82, 2.24) is 19.7 Å². The van der Waals surface area contributed by atoms with Crippen molar-refractivity contribution in [3.05, 3.63) is 66.8 Å². The summed E-state index contributed by atoms with van der Waals surface area (Å²) in [7, 11) is 3.64. The van der Waals surface area contributed by atoms with Crippen molar-refractivity contribution >= 4 is 17.6 Å². The van der Waals surface area contributed by atoms with Crippen LogP contribution in [0.1, 0.15) is 31.2 Å². The van der Waals surface area contributed by atoms with Gasteiger partial charge in [0.15, 0.2) is 5.82 Å². The van der Waals surface area contributed by atoms with Crippen LogP contribution in [0.4, 0.5) is 5.82 Å². The largest absolute Gasteiger partial charge is 0.404 e. The van der Waals surface area contributed by atoms with Crippen LogP contribution >= 0.6 is 0 Å². The molecule has 0 aliphatic heterocycles. The lowest BCUT2D eigenvalue weighted by molar-refractivity contribution is 0.678. The number of aliphatic imine (C=N–C) groups is 1. The van der Waals surface area contributed by atoms with Gasteiger partial charge in [-0.3, -0.25) is 9.67 Å². The molecule has 0 fully saturated rings. The minimum absolute atomic E-state index is 0.245. The fourth-order valence-corrected chi connectivity index (χ4v) is 3.87. The molecule has 0 saturated heterocycles. The van der Waals surface area contributed by atoms with Crippen molar-refractivity contribution in [3.63, 3.8) is 0 Å². The van der Waals surface area contributed by atoms with E-state index in [2.05, 4.69) is 32.5 Å². The first kappa shape index (κ1) is 21.5. The zero-order valence-electron chi connectivity index (χ0n) is 18.6. The summed E-state index contributed by atoms with van der Waals surface area (Å²) in [6, 6.07) is 8.28. The molecule has 0 amide bonds. The number of anilines is 1. The summed E-state index contributed by atoms with van der Waals surface area (Å²) in [4.78, 5) is 13.7. The van der Waals surface area contributed by atoms with Gasteiger partial charge < -0.3 is 11.1 Å².